The monoisotopic (exact) mass is 566 g/mol. The summed E-state index contributed by atoms with van der Waals surface area (Å²) in [6.07, 6.45) is 7.08. The molecule has 208 valence electrons. The molecule has 0 atom stereocenters. The number of hydrogen-bond donors (Lipinski definition) is 0. The Morgan fingerprint density at radius 3 is 1.20 bits per heavy atom. The Kier molecular flexibility index (Phi) is 6.12. The SMILES string of the molecule is Cc1cc(-c2cccc(-c3ncccn3)c2)c2ccc3c(ccc4c(-c5cccc(-c6ncccn6)c5)cc(C)nc43)c2n1. The minimum atomic E-state index is 0.709. The van der Waals surface area contributed by atoms with Gasteiger partial charge in [0.25, 0.3) is 0 Å². The maximum Gasteiger partial charge on any atom is 0.159 e. The van der Waals surface area contributed by atoms with Crippen molar-refractivity contribution in [2.45, 2.75) is 13.8 Å². The number of nitrogens with zero attached hydrogens (tertiary/aromatic N) is 6. The Hall–Kier alpha value is -5.88. The third-order valence-corrected chi connectivity index (χ3v) is 8.00. The van der Waals surface area contributed by atoms with Crippen molar-refractivity contribution in [2.75, 3.05) is 0 Å². The van der Waals surface area contributed by atoms with E-state index < -0.39 is 0 Å². The van der Waals surface area contributed by atoms with E-state index in [-0.39, 0.29) is 0 Å². The molecule has 0 aliphatic rings. The first-order valence-corrected chi connectivity index (χ1v) is 14.5. The number of rotatable bonds is 4. The molecule has 0 aliphatic heterocycles. The molecule has 44 heavy (non-hydrogen) atoms. The zero-order valence-corrected chi connectivity index (χ0v) is 24.2. The molecule has 8 rings (SSSR count). The molecule has 8 aromatic rings. The summed E-state index contributed by atoms with van der Waals surface area (Å²) < 4.78 is 0. The standard InChI is InChI=1S/C38H26N6/c1-23-19-33(25-7-3-9-27(21-25)37-39-15-5-16-40-37)31-13-12-30-29(35(31)43-23)11-14-32-34(20-24(2)44-36(30)32)26-8-4-10-28(22-26)38-41-17-6-18-42-38/h3-22H,1-2H3. The Bertz CT molecular complexity index is 2180. The van der Waals surface area contributed by atoms with Crippen LogP contribution in [0.4, 0.5) is 0 Å². The molecule has 0 radical (unpaired) electrons. The van der Waals surface area contributed by atoms with Gasteiger partial charge in [-0.2, -0.15) is 0 Å². The lowest BCUT2D eigenvalue weighted by Crippen LogP contribution is -1.94. The maximum atomic E-state index is 5.06. The average molecular weight is 567 g/mol. The zero-order valence-electron chi connectivity index (χ0n) is 24.2. The lowest BCUT2D eigenvalue weighted by atomic mass is 9.93. The van der Waals surface area contributed by atoms with Gasteiger partial charge in [0.2, 0.25) is 0 Å². The largest absolute Gasteiger partial charge is 0.252 e. The molecule has 0 saturated carbocycles. The molecular formula is C38H26N6. The molecule has 6 heteroatoms. The number of aryl methyl sites for hydroxylation is 2. The van der Waals surface area contributed by atoms with Gasteiger partial charge in [-0.05, 0) is 72.5 Å². The first-order chi connectivity index (χ1) is 21.6. The van der Waals surface area contributed by atoms with Crippen LogP contribution in [-0.4, -0.2) is 29.9 Å². The van der Waals surface area contributed by atoms with E-state index >= 15 is 0 Å². The Morgan fingerprint density at radius 1 is 0.386 bits per heavy atom. The van der Waals surface area contributed by atoms with E-state index in [1.54, 1.807) is 24.8 Å². The van der Waals surface area contributed by atoms with E-state index in [1.807, 2.05) is 24.3 Å². The number of pyridine rings is 2. The summed E-state index contributed by atoms with van der Waals surface area (Å²) in [7, 11) is 0. The van der Waals surface area contributed by atoms with Crippen LogP contribution in [0.15, 0.2) is 122 Å². The molecule has 6 nitrogen and oxygen atoms in total. The van der Waals surface area contributed by atoms with Gasteiger partial charge in [-0.3, -0.25) is 9.97 Å². The van der Waals surface area contributed by atoms with Crippen molar-refractivity contribution in [3.05, 3.63) is 133 Å². The Balaban J connectivity index is 1.31. The number of hydrogen-bond acceptors (Lipinski definition) is 6. The highest BCUT2D eigenvalue weighted by atomic mass is 14.9. The number of aromatic nitrogens is 6. The molecule has 0 fully saturated rings. The molecule has 4 aromatic heterocycles. The van der Waals surface area contributed by atoms with Crippen LogP contribution in [0.5, 0.6) is 0 Å². The molecule has 4 aromatic carbocycles. The highest BCUT2D eigenvalue weighted by Crippen LogP contribution is 2.39. The zero-order chi connectivity index (χ0) is 29.6. The van der Waals surface area contributed by atoms with Gasteiger partial charge in [0, 0.05) is 68.8 Å². The fraction of sp³-hybridized carbons (Fsp3) is 0.0526. The third kappa shape index (κ3) is 4.44. The Morgan fingerprint density at radius 2 is 0.773 bits per heavy atom. The average Bonchev–Trinajstić information content (AvgIpc) is 3.08. The van der Waals surface area contributed by atoms with E-state index in [0.29, 0.717) is 11.6 Å². The minimum Gasteiger partial charge on any atom is -0.252 e. The second kappa shape index (κ2) is 10.4. The number of fused-ring (bicyclic) bond motifs is 5. The molecule has 0 amide bonds. The highest BCUT2D eigenvalue weighted by molar-refractivity contribution is 6.19. The van der Waals surface area contributed by atoms with Crippen LogP contribution in [0.2, 0.25) is 0 Å². The number of benzene rings is 4. The van der Waals surface area contributed by atoms with Gasteiger partial charge in [0.1, 0.15) is 0 Å². The van der Waals surface area contributed by atoms with E-state index in [1.165, 1.54) is 0 Å². The first-order valence-electron chi connectivity index (χ1n) is 14.5. The van der Waals surface area contributed by atoms with Gasteiger partial charge in [0.15, 0.2) is 11.6 Å². The third-order valence-electron chi connectivity index (χ3n) is 8.00. The second-order valence-corrected chi connectivity index (χ2v) is 10.9. The maximum absolute atomic E-state index is 5.06. The smallest absolute Gasteiger partial charge is 0.159 e. The van der Waals surface area contributed by atoms with Gasteiger partial charge in [-0.25, -0.2) is 19.9 Å². The van der Waals surface area contributed by atoms with E-state index in [4.69, 9.17) is 9.97 Å². The molecule has 0 aliphatic carbocycles. The predicted molar refractivity (Wildman–Crippen MR) is 177 cm³/mol. The summed E-state index contributed by atoms with van der Waals surface area (Å²) in [4.78, 5) is 27.9. The van der Waals surface area contributed by atoms with Crippen molar-refractivity contribution in [3.8, 4) is 45.0 Å². The summed E-state index contributed by atoms with van der Waals surface area (Å²) in [6.45, 7) is 4.11. The van der Waals surface area contributed by atoms with Crippen molar-refractivity contribution in [3.63, 3.8) is 0 Å². The minimum absolute atomic E-state index is 0.709. The van der Waals surface area contributed by atoms with Gasteiger partial charge in [-0.1, -0.05) is 60.7 Å². The van der Waals surface area contributed by atoms with Crippen LogP contribution in [0.3, 0.4) is 0 Å². The highest BCUT2D eigenvalue weighted by Gasteiger charge is 2.15. The van der Waals surface area contributed by atoms with Crippen LogP contribution >= 0.6 is 0 Å². The molecule has 0 spiro atoms. The van der Waals surface area contributed by atoms with E-state index in [0.717, 1.165) is 77.3 Å². The normalized spacial score (nSPS) is 11.4. The van der Waals surface area contributed by atoms with Crippen LogP contribution in [0.25, 0.3) is 77.6 Å². The second-order valence-electron chi connectivity index (χ2n) is 10.9. The summed E-state index contributed by atoms with van der Waals surface area (Å²) >= 11 is 0. The lowest BCUT2D eigenvalue weighted by molar-refractivity contribution is 1.18. The Labute approximate surface area is 254 Å². The van der Waals surface area contributed by atoms with Gasteiger partial charge in [0.05, 0.1) is 11.0 Å². The van der Waals surface area contributed by atoms with Crippen molar-refractivity contribution >= 4 is 32.6 Å². The van der Waals surface area contributed by atoms with Crippen molar-refractivity contribution in [1.29, 1.82) is 0 Å². The summed E-state index contributed by atoms with van der Waals surface area (Å²) in [5.41, 5.74) is 10.3. The van der Waals surface area contributed by atoms with Crippen molar-refractivity contribution in [2.24, 2.45) is 0 Å². The van der Waals surface area contributed by atoms with Crippen molar-refractivity contribution < 1.29 is 0 Å². The van der Waals surface area contributed by atoms with Crippen LogP contribution in [-0.2, 0) is 0 Å². The van der Waals surface area contributed by atoms with Gasteiger partial charge >= 0.3 is 0 Å². The van der Waals surface area contributed by atoms with Gasteiger partial charge < -0.3 is 0 Å². The van der Waals surface area contributed by atoms with E-state index in [2.05, 4.69) is 107 Å². The molecule has 0 N–H and O–H groups in total. The summed E-state index contributed by atoms with van der Waals surface area (Å²) in [6, 6.07) is 33.5. The van der Waals surface area contributed by atoms with E-state index in [9.17, 15) is 0 Å². The van der Waals surface area contributed by atoms with Crippen LogP contribution in [0, 0.1) is 13.8 Å². The molecule has 4 heterocycles. The topological polar surface area (TPSA) is 77.3 Å². The fourth-order valence-electron chi connectivity index (χ4n) is 6.07. The van der Waals surface area contributed by atoms with Gasteiger partial charge in [-0.15, -0.1) is 0 Å². The molecule has 0 bridgehead atoms. The summed E-state index contributed by atoms with van der Waals surface area (Å²) in [5.74, 6) is 1.42. The van der Waals surface area contributed by atoms with Crippen LogP contribution in [0.1, 0.15) is 11.4 Å². The van der Waals surface area contributed by atoms with Crippen molar-refractivity contribution in [1.82, 2.24) is 29.9 Å². The quantitative estimate of drug-likeness (QED) is 0.198. The molecule has 0 saturated heterocycles. The predicted octanol–water partition coefficient (Wildman–Crippen LogP) is 8.80. The van der Waals surface area contributed by atoms with Crippen LogP contribution < -0.4 is 0 Å². The molecular weight excluding hydrogens is 540 g/mol. The first kappa shape index (κ1) is 25.8. The summed E-state index contributed by atoms with van der Waals surface area (Å²) in [5, 5.41) is 4.35. The fourth-order valence-corrected chi connectivity index (χ4v) is 6.07. The lowest BCUT2D eigenvalue weighted by Gasteiger charge is -2.14. The molecule has 0 unspecified atom stereocenters.